The van der Waals surface area contributed by atoms with Crippen LogP contribution in [0.25, 0.3) is 0 Å². The molecule has 0 aromatic rings. The molecule has 1 unspecified atom stereocenters. The summed E-state index contributed by atoms with van der Waals surface area (Å²) in [4.78, 5) is 0. The Labute approximate surface area is 178 Å². The van der Waals surface area contributed by atoms with Crippen LogP contribution in [-0.4, -0.2) is 11.7 Å². The van der Waals surface area contributed by atoms with Gasteiger partial charge in [0.15, 0.2) is 0 Å². The maximum atomic E-state index is 8.73. The van der Waals surface area contributed by atoms with E-state index in [2.05, 4.69) is 83.9 Å². The van der Waals surface area contributed by atoms with Crippen molar-refractivity contribution < 1.29 is 5.11 Å². The van der Waals surface area contributed by atoms with Gasteiger partial charge in [-0.2, -0.15) is 0 Å². The van der Waals surface area contributed by atoms with Gasteiger partial charge in [-0.25, -0.2) is 0 Å². The summed E-state index contributed by atoms with van der Waals surface area (Å²) in [7, 11) is 0. The Balaban J connectivity index is 3.75. The molecule has 29 heavy (non-hydrogen) atoms. The number of unbranched alkanes of at least 4 members (excludes halogenated alkanes) is 9. The van der Waals surface area contributed by atoms with Crippen molar-refractivity contribution in [2.24, 2.45) is 5.92 Å². The van der Waals surface area contributed by atoms with E-state index in [-0.39, 0.29) is 0 Å². The molecule has 0 rings (SSSR count). The topological polar surface area (TPSA) is 20.2 Å². The highest BCUT2D eigenvalue weighted by molar-refractivity contribution is 5.44. The van der Waals surface area contributed by atoms with Crippen molar-refractivity contribution in [2.45, 2.75) is 77.6 Å². The van der Waals surface area contributed by atoms with Crippen molar-refractivity contribution in [1.29, 1.82) is 0 Å². The molecule has 0 radical (unpaired) electrons. The van der Waals surface area contributed by atoms with Crippen LogP contribution >= 0.6 is 0 Å². The fraction of sp³-hybridized carbons (Fsp3) is 0.500. The minimum atomic E-state index is 0.334. The van der Waals surface area contributed by atoms with E-state index in [0.717, 1.165) is 12.8 Å². The molecule has 0 bridgehead atoms. The summed E-state index contributed by atoms with van der Waals surface area (Å²) in [5, 5.41) is 8.73. The normalized spacial score (nSPS) is 8.86. The molecule has 0 aliphatic carbocycles. The summed E-state index contributed by atoms with van der Waals surface area (Å²) in [6.07, 6.45) is 18.6. The van der Waals surface area contributed by atoms with E-state index in [1.807, 2.05) is 0 Å². The molecule has 1 heteroatoms. The molecule has 0 amide bonds. The summed E-state index contributed by atoms with van der Waals surface area (Å²) < 4.78 is 0. The molecular weight excluding hydrogens is 352 g/mol. The van der Waals surface area contributed by atoms with Crippen LogP contribution in [0.3, 0.4) is 0 Å². The molecule has 0 aliphatic heterocycles. The summed E-state index contributed by atoms with van der Waals surface area (Å²) in [6.45, 7) is 2.47. The van der Waals surface area contributed by atoms with E-state index < -0.39 is 0 Å². The van der Waals surface area contributed by atoms with E-state index in [9.17, 15) is 0 Å². The van der Waals surface area contributed by atoms with Crippen LogP contribution in [0.15, 0.2) is 0 Å². The molecule has 0 fully saturated rings. The monoisotopic (exact) mass is 382 g/mol. The number of hydrogen-bond donors (Lipinski definition) is 1. The Morgan fingerprint density at radius 1 is 0.552 bits per heavy atom. The first kappa shape index (κ1) is 25.9. The average Bonchev–Trinajstić information content (AvgIpc) is 2.72. The second-order valence-electron chi connectivity index (χ2n) is 6.61. The van der Waals surface area contributed by atoms with Crippen molar-refractivity contribution in [3.8, 4) is 83.4 Å². The number of terminal acetylenes is 1. The third kappa shape index (κ3) is 22.8. The van der Waals surface area contributed by atoms with E-state index in [0.29, 0.717) is 12.5 Å². The van der Waals surface area contributed by atoms with Gasteiger partial charge in [0.2, 0.25) is 0 Å². The van der Waals surface area contributed by atoms with E-state index in [1.54, 1.807) is 0 Å². The average molecular weight is 383 g/mol. The first-order valence-electron chi connectivity index (χ1n) is 10.4. The Kier molecular flexibility index (Phi) is 20.5. The van der Waals surface area contributed by atoms with Crippen LogP contribution < -0.4 is 0 Å². The first-order chi connectivity index (χ1) is 14.3. The third-order valence-electron chi connectivity index (χ3n) is 4.06. The smallest absolute Gasteiger partial charge is 0.0431 e. The van der Waals surface area contributed by atoms with Crippen LogP contribution in [0.4, 0.5) is 0 Å². The van der Waals surface area contributed by atoms with Gasteiger partial charge in [-0.1, -0.05) is 70.6 Å². The fourth-order valence-electron chi connectivity index (χ4n) is 2.53. The van der Waals surface area contributed by atoms with Crippen molar-refractivity contribution in [1.82, 2.24) is 0 Å². The Hall–Kier alpha value is -3.12. The third-order valence-corrected chi connectivity index (χ3v) is 4.06. The molecule has 1 N–H and O–H groups in total. The van der Waals surface area contributed by atoms with Crippen molar-refractivity contribution >= 4 is 0 Å². The lowest BCUT2D eigenvalue weighted by Gasteiger charge is -2.04. The number of aliphatic hydroxyl groups is 1. The largest absolute Gasteiger partial charge is 0.396 e. The Bertz CT molecular complexity index is 846. The summed E-state index contributed by atoms with van der Waals surface area (Å²) in [6, 6.07) is 0. The molecule has 1 atom stereocenters. The van der Waals surface area contributed by atoms with Gasteiger partial charge >= 0.3 is 0 Å². The molecule has 0 heterocycles. The number of hydrogen-bond acceptors (Lipinski definition) is 1. The predicted octanol–water partition coefficient (Wildman–Crippen LogP) is 4.56. The van der Waals surface area contributed by atoms with Gasteiger partial charge in [-0.15, -0.1) is 6.42 Å². The Morgan fingerprint density at radius 2 is 0.931 bits per heavy atom. The van der Waals surface area contributed by atoms with Gasteiger partial charge in [0, 0.05) is 12.5 Å². The Morgan fingerprint density at radius 3 is 1.38 bits per heavy atom. The second-order valence-corrected chi connectivity index (χ2v) is 6.61. The lowest BCUT2D eigenvalue weighted by Crippen LogP contribution is -1.90. The maximum absolute atomic E-state index is 8.73. The zero-order valence-corrected chi connectivity index (χ0v) is 17.6. The summed E-state index contributed by atoms with van der Waals surface area (Å²) in [5.74, 6) is 34.1. The van der Waals surface area contributed by atoms with Gasteiger partial charge in [-0.05, 0) is 83.9 Å². The molecule has 1 nitrogen and oxygen atoms in total. The molecule has 0 saturated heterocycles. The highest BCUT2D eigenvalue weighted by Crippen LogP contribution is 2.13. The van der Waals surface area contributed by atoms with Crippen molar-refractivity contribution in [2.75, 3.05) is 6.61 Å². The fourth-order valence-corrected chi connectivity index (χ4v) is 2.53. The van der Waals surface area contributed by atoms with Gasteiger partial charge in [0.25, 0.3) is 0 Å². The van der Waals surface area contributed by atoms with Gasteiger partial charge in [0.1, 0.15) is 0 Å². The lowest BCUT2D eigenvalue weighted by atomic mass is 10.0. The molecule has 0 spiro atoms. The van der Waals surface area contributed by atoms with Crippen LogP contribution in [-0.2, 0) is 0 Å². The quantitative estimate of drug-likeness (QED) is 0.388. The van der Waals surface area contributed by atoms with Gasteiger partial charge in [0.05, 0.1) is 0 Å². The zero-order valence-electron chi connectivity index (χ0n) is 17.6. The van der Waals surface area contributed by atoms with E-state index >= 15 is 0 Å². The van der Waals surface area contributed by atoms with E-state index in [1.165, 1.54) is 57.8 Å². The van der Waals surface area contributed by atoms with Crippen LogP contribution in [0.2, 0.25) is 0 Å². The van der Waals surface area contributed by atoms with Crippen molar-refractivity contribution in [3.63, 3.8) is 0 Å². The molecule has 0 aromatic carbocycles. The standard InChI is InChI=1S/C28H30O/c1-3-4-5-6-7-8-9-10-13-16-19-22-25-28(2)26-23-20-17-14-11-12-15-18-21-24-27-29/h1,28-29H,11-12,14-15,17-18,20-21,23-24,26-27H2,2H3. The second kappa shape index (κ2) is 22.9. The highest BCUT2D eigenvalue weighted by atomic mass is 16.2. The summed E-state index contributed by atoms with van der Waals surface area (Å²) in [5.41, 5.74) is 0. The lowest BCUT2D eigenvalue weighted by molar-refractivity contribution is 0.282. The molecule has 0 saturated carbocycles. The first-order valence-corrected chi connectivity index (χ1v) is 10.4. The zero-order chi connectivity index (χ0) is 21.3. The number of rotatable bonds is 12. The predicted molar refractivity (Wildman–Crippen MR) is 123 cm³/mol. The van der Waals surface area contributed by atoms with Crippen LogP contribution in [0, 0.1) is 89.3 Å². The minimum absolute atomic E-state index is 0.334. The van der Waals surface area contributed by atoms with Gasteiger partial charge < -0.3 is 5.11 Å². The van der Waals surface area contributed by atoms with Crippen LogP contribution in [0.5, 0.6) is 0 Å². The molecule has 148 valence electrons. The molecule has 0 aromatic heterocycles. The highest BCUT2D eigenvalue weighted by Gasteiger charge is 1.97. The minimum Gasteiger partial charge on any atom is -0.396 e. The molecular formula is C28H30O. The van der Waals surface area contributed by atoms with Crippen molar-refractivity contribution in [3.05, 3.63) is 0 Å². The maximum Gasteiger partial charge on any atom is 0.0431 e. The van der Waals surface area contributed by atoms with Gasteiger partial charge in [-0.3, -0.25) is 0 Å². The molecule has 0 aliphatic rings. The van der Waals surface area contributed by atoms with E-state index in [4.69, 9.17) is 11.5 Å². The SMILES string of the molecule is C#CC#CC#CC#CC#CC#CC#CC(C)CCCCCCCCCCCCO. The summed E-state index contributed by atoms with van der Waals surface area (Å²) >= 11 is 0. The van der Waals surface area contributed by atoms with Crippen LogP contribution in [0.1, 0.15) is 77.6 Å². The number of aliphatic hydroxyl groups excluding tert-OH is 1.